The van der Waals surface area contributed by atoms with Crippen LogP contribution < -0.4 is 0 Å². The van der Waals surface area contributed by atoms with Gasteiger partial charge in [0.1, 0.15) is 5.65 Å². The Morgan fingerprint density at radius 3 is 2.47 bits per heavy atom. The molecule has 0 fully saturated rings. The van der Waals surface area contributed by atoms with Crippen molar-refractivity contribution in [1.29, 1.82) is 0 Å². The van der Waals surface area contributed by atoms with E-state index in [2.05, 4.69) is 55.0 Å². The van der Waals surface area contributed by atoms with E-state index in [0.717, 1.165) is 15.8 Å². The molecule has 0 aliphatic heterocycles. The summed E-state index contributed by atoms with van der Waals surface area (Å²) in [6, 6.07) is 8.48. The molecule has 0 bridgehead atoms. The Balaban J connectivity index is 2.21. The second-order valence-corrected chi connectivity index (χ2v) is 5.91. The fourth-order valence-electron chi connectivity index (χ4n) is 2.33. The molecular formula is C16H15BrN2. The molecule has 2 heterocycles. The number of hydrogen-bond acceptors (Lipinski definition) is 1. The minimum Gasteiger partial charge on any atom is -0.305 e. The van der Waals surface area contributed by atoms with Crippen molar-refractivity contribution in [2.24, 2.45) is 0 Å². The van der Waals surface area contributed by atoms with E-state index in [1.54, 1.807) is 0 Å². The SMILES string of the molecule is Cc1cc(C)c(-c2cn3cc(Br)ccc3n2)cc1C. The van der Waals surface area contributed by atoms with Crippen molar-refractivity contribution in [3.63, 3.8) is 0 Å². The summed E-state index contributed by atoms with van der Waals surface area (Å²) in [5.41, 5.74) is 7.11. The summed E-state index contributed by atoms with van der Waals surface area (Å²) < 4.78 is 3.11. The van der Waals surface area contributed by atoms with E-state index in [1.807, 2.05) is 22.7 Å². The highest BCUT2D eigenvalue weighted by atomic mass is 79.9. The molecule has 96 valence electrons. The van der Waals surface area contributed by atoms with Crippen molar-refractivity contribution in [3.05, 3.63) is 57.8 Å². The summed E-state index contributed by atoms with van der Waals surface area (Å²) in [5.74, 6) is 0. The van der Waals surface area contributed by atoms with Crippen LogP contribution in [0.15, 0.2) is 41.1 Å². The van der Waals surface area contributed by atoms with Gasteiger partial charge >= 0.3 is 0 Å². The summed E-state index contributed by atoms with van der Waals surface area (Å²) in [4.78, 5) is 4.70. The van der Waals surface area contributed by atoms with Gasteiger partial charge in [0.05, 0.1) is 5.69 Å². The van der Waals surface area contributed by atoms with E-state index in [-0.39, 0.29) is 0 Å². The second-order valence-electron chi connectivity index (χ2n) is 4.99. The van der Waals surface area contributed by atoms with Crippen molar-refractivity contribution < 1.29 is 0 Å². The van der Waals surface area contributed by atoms with Crippen LogP contribution in [0.4, 0.5) is 0 Å². The normalized spacial score (nSPS) is 11.2. The maximum absolute atomic E-state index is 4.70. The fourth-order valence-corrected chi connectivity index (χ4v) is 2.68. The lowest BCUT2D eigenvalue weighted by molar-refractivity contribution is 1.17. The number of benzene rings is 1. The number of imidazole rings is 1. The first-order valence-electron chi connectivity index (χ1n) is 6.27. The fraction of sp³-hybridized carbons (Fsp3) is 0.188. The molecule has 0 saturated heterocycles. The summed E-state index contributed by atoms with van der Waals surface area (Å²) in [5, 5.41) is 0. The number of pyridine rings is 1. The molecule has 2 aromatic heterocycles. The molecular weight excluding hydrogens is 300 g/mol. The zero-order valence-corrected chi connectivity index (χ0v) is 12.8. The lowest BCUT2D eigenvalue weighted by atomic mass is 9.99. The van der Waals surface area contributed by atoms with Gasteiger partial charge in [0, 0.05) is 22.4 Å². The Morgan fingerprint density at radius 1 is 0.947 bits per heavy atom. The number of fused-ring (bicyclic) bond motifs is 1. The van der Waals surface area contributed by atoms with Crippen LogP contribution in [0.2, 0.25) is 0 Å². The Bertz CT molecular complexity index is 772. The number of rotatable bonds is 1. The van der Waals surface area contributed by atoms with Gasteiger partial charge in [-0.25, -0.2) is 4.98 Å². The van der Waals surface area contributed by atoms with Crippen LogP contribution in [0.3, 0.4) is 0 Å². The minimum atomic E-state index is 0.968. The van der Waals surface area contributed by atoms with Gasteiger partial charge in [0.15, 0.2) is 0 Å². The van der Waals surface area contributed by atoms with E-state index in [9.17, 15) is 0 Å². The first-order valence-corrected chi connectivity index (χ1v) is 7.06. The number of nitrogens with zero attached hydrogens (tertiary/aromatic N) is 2. The molecule has 0 atom stereocenters. The third-order valence-electron chi connectivity index (χ3n) is 3.53. The third-order valence-corrected chi connectivity index (χ3v) is 4.00. The lowest BCUT2D eigenvalue weighted by Crippen LogP contribution is -1.88. The van der Waals surface area contributed by atoms with Gasteiger partial charge in [0.25, 0.3) is 0 Å². The molecule has 0 amide bonds. The Hall–Kier alpha value is -1.61. The first kappa shape index (κ1) is 12.4. The number of aryl methyl sites for hydroxylation is 3. The minimum absolute atomic E-state index is 0.968. The van der Waals surface area contributed by atoms with Crippen LogP contribution in [0, 0.1) is 20.8 Å². The van der Waals surface area contributed by atoms with Gasteiger partial charge in [-0.3, -0.25) is 0 Å². The quantitative estimate of drug-likeness (QED) is 0.637. The highest BCUT2D eigenvalue weighted by molar-refractivity contribution is 9.10. The topological polar surface area (TPSA) is 17.3 Å². The summed E-state index contributed by atoms with van der Waals surface area (Å²) >= 11 is 3.48. The Morgan fingerprint density at radius 2 is 1.68 bits per heavy atom. The van der Waals surface area contributed by atoms with Crippen molar-refractivity contribution in [2.75, 3.05) is 0 Å². The maximum atomic E-state index is 4.70. The van der Waals surface area contributed by atoms with Crippen LogP contribution in [-0.4, -0.2) is 9.38 Å². The number of aromatic nitrogens is 2. The van der Waals surface area contributed by atoms with Crippen molar-refractivity contribution in [1.82, 2.24) is 9.38 Å². The highest BCUT2D eigenvalue weighted by Gasteiger charge is 2.09. The predicted molar refractivity (Wildman–Crippen MR) is 82.5 cm³/mol. The monoisotopic (exact) mass is 314 g/mol. The first-order chi connectivity index (χ1) is 9.04. The molecule has 0 aliphatic carbocycles. The van der Waals surface area contributed by atoms with Gasteiger partial charge in [-0.1, -0.05) is 6.07 Å². The van der Waals surface area contributed by atoms with E-state index in [4.69, 9.17) is 4.98 Å². The van der Waals surface area contributed by atoms with Crippen LogP contribution in [0.5, 0.6) is 0 Å². The molecule has 0 spiro atoms. The van der Waals surface area contributed by atoms with Gasteiger partial charge in [-0.15, -0.1) is 0 Å². The average Bonchev–Trinajstić information content (AvgIpc) is 2.76. The smallest absolute Gasteiger partial charge is 0.137 e. The van der Waals surface area contributed by atoms with Crippen LogP contribution in [0.25, 0.3) is 16.9 Å². The maximum Gasteiger partial charge on any atom is 0.137 e. The molecule has 3 rings (SSSR count). The molecule has 0 aliphatic rings. The van der Waals surface area contributed by atoms with E-state index in [1.165, 1.54) is 22.3 Å². The Kier molecular flexibility index (Phi) is 2.94. The van der Waals surface area contributed by atoms with Gasteiger partial charge in [-0.2, -0.15) is 0 Å². The summed E-state index contributed by atoms with van der Waals surface area (Å²) in [6.07, 6.45) is 4.11. The molecule has 0 unspecified atom stereocenters. The highest BCUT2D eigenvalue weighted by Crippen LogP contribution is 2.26. The van der Waals surface area contributed by atoms with Crippen molar-refractivity contribution >= 4 is 21.6 Å². The zero-order valence-electron chi connectivity index (χ0n) is 11.2. The van der Waals surface area contributed by atoms with E-state index in [0.29, 0.717) is 0 Å². The van der Waals surface area contributed by atoms with Gasteiger partial charge < -0.3 is 4.40 Å². The molecule has 1 aromatic carbocycles. The number of halogens is 1. The van der Waals surface area contributed by atoms with E-state index >= 15 is 0 Å². The largest absolute Gasteiger partial charge is 0.305 e. The molecule has 0 saturated carbocycles. The molecule has 3 aromatic rings. The van der Waals surface area contributed by atoms with Gasteiger partial charge in [0.2, 0.25) is 0 Å². The Labute approximate surface area is 121 Å². The molecule has 0 radical (unpaired) electrons. The summed E-state index contributed by atoms with van der Waals surface area (Å²) in [7, 11) is 0. The number of hydrogen-bond donors (Lipinski definition) is 0. The van der Waals surface area contributed by atoms with Crippen molar-refractivity contribution in [3.8, 4) is 11.3 Å². The third kappa shape index (κ3) is 2.19. The second kappa shape index (κ2) is 4.49. The molecule has 2 nitrogen and oxygen atoms in total. The molecule has 3 heteroatoms. The average molecular weight is 315 g/mol. The zero-order chi connectivity index (χ0) is 13.6. The van der Waals surface area contributed by atoms with E-state index < -0.39 is 0 Å². The predicted octanol–water partition coefficient (Wildman–Crippen LogP) is 4.69. The van der Waals surface area contributed by atoms with Crippen molar-refractivity contribution in [2.45, 2.75) is 20.8 Å². The van der Waals surface area contributed by atoms with Gasteiger partial charge in [-0.05, 0) is 71.6 Å². The summed E-state index contributed by atoms with van der Waals surface area (Å²) in [6.45, 7) is 6.43. The standard InChI is InChI=1S/C16H15BrN2/c1-10-6-12(3)14(7-11(10)2)15-9-19-8-13(17)4-5-16(19)18-15/h4-9H,1-3H3. The lowest BCUT2D eigenvalue weighted by Gasteiger charge is -2.07. The van der Waals surface area contributed by atoms with Crippen LogP contribution in [0.1, 0.15) is 16.7 Å². The van der Waals surface area contributed by atoms with Crippen LogP contribution in [-0.2, 0) is 0 Å². The van der Waals surface area contributed by atoms with Crippen LogP contribution >= 0.6 is 15.9 Å². The molecule has 0 N–H and O–H groups in total. The molecule has 19 heavy (non-hydrogen) atoms.